The first-order valence-electron chi connectivity index (χ1n) is 14.6. The largest absolute Gasteiger partial charge is 0.293 e. The maximum absolute atomic E-state index is 4.90. The SMILES string of the molecule is c1ccc(-c2ccc(-c3c4ccccc4c(N(c4ccccn4)c4cccc5ccccc45)c4ccccc34)cc2)cc1. The number of fused-ring (bicyclic) bond motifs is 3. The van der Waals surface area contributed by atoms with Crippen LogP contribution < -0.4 is 4.90 Å². The molecule has 0 saturated carbocycles. The third-order valence-corrected chi connectivity index (χ3v) is 8.29. The highest BCUT2D eigenvalue weighted by molar-refractivity contribution is 6.23. The summed E-state index contributed by atoms with van der Waals surface area (Å²) in [5, 5.41) is 7.17. The van der Waals surface area contributed by atoms with Crippen LogP contribution in [0.3, 0.4) is 0 Å². The minimum atomic E-state index is 0.883. The van der Waals surface area contributed by atoms with Crippen LogP contribution >= 0.6 is 0 Å². The van der Waals surface area contributed by atoms with Crippen molar-refractivity contribution in [3.05, 3.63) is 170 Å². The van der Waals surface area contributed by atoms with E-state index in [1.165, 1.54) is 54.6 Å². The maximum Gasteiger partial charge on any atom is 0.137 e. The van der Waals surface area contributed by atoms with Crippen LogP contribution in [0.5, 0.6) is 0 Å². The number of aromatic nitrogens is 1. The Labute approximate surface area is 251 Å². The third-order valence-electron chi connectivity index (χ3n) is 8.29. The molecule has 202 valence electrons. The first-order valence-corrected chi connectivity index (χ1v) is 14.6. The van der Waals surface area contributed by atoms with Crippen LogP contribution in [0, 0.1) is 0 Å². The van der Waals surface area contributed by atoms with E-state index in [2.05, 4.69) is 163 Å². The number of rotatable bonds is 5. The van der Waals surface area contributed by atoms with Crippen LogP contribution in [0.2, 0.25) is 0 Å². The molecule has 0 spiro atoms. The van der Waals surface area contributed by atoms with Crippen molar-refractivity contribution in [2.45, 2.75) is 0 Å². The molecule has 1 aromatic heterocycles. The van der Waals surface area contributed by atoms with Crippen molar-refractivity contribution >= 4 is 49.5 Å². The molecule has 0 fully saturated rings. The molecular formula is C41H28N2. The van der Waals surface area contributed by atoms with E-state index in [4.69, 9.17) is 4.98 Å². The Hall–Kier alpha value is -5.73. The third kappa shape index (κ3) is 4.32. The fourth-order valence-corrected chi connectivity index (χ4v) is 6.36. The summed E-state index contributed by atoms with van der Waals surface area (Å²) in [6.07, 6.45) is 1.88. The van der Waals surface area contributed by atoms with Gasteiger partial charge in [-0.2, -0.15) is 0 Å². The zero-order valence-electron chi connectivity index (χ0n) is 23.6. The Morgan fingerprint density at radius 2 is 0.907 bits per heavy atom. The fraction of sp³-hybridized carbons (Fsp3) is 0. The zero-order valence-corrected chi connectivity index (χ0v) is 23.6. The molecule has 0 aliphatic heterocycles. The molecular weight excluding hydrogens is 520 g/mol. The van der Waals surface area contributed by atoms with Gasteiger partial charge in [0.1, 0.15) is 5.82 Å². The van der Waals surface area contributed by atoms with E-state index in [0.717, 1.165) is 17.2 Å². The predicted octanol–water partition coefficient (Wildman–Crippen LogP) is 11.3. The Morgan fingerprint density at radius 3 is 1.58 bits per heavy atom. The molecule has 7 aromatic carbocycles. The highest BCUT2D eigenvalue weighted by atomic mass is 15.2. The van der Waals surface area contributed by atoms with Crippen molar-refractivity contribution in [1.82, 2.24) is 4.98 Å². The van der Waals surface area contributed by atoms with Crippen LogP contribution in [0.1, 0.15) is 0 Å². The number of pyridine rings is 1. The zero-order chi connectivity index (χ0) is 28.6. The van der Waals surface area contributed by atoms with Crippen LogP contribution in [0.15, 0.2) is 170 Å². The van der Waals surface area contributed by atoms with Gasteiger partial charge in [0.15, 0.2) is 0 Å². The van der Waals surface area contributed by atoms with Gasteiger partial charge < -0.3 is 0 Å². The van der Waals surface area contributed by atoms with Gasteiger partial charge in [-0.05, 0) is 56.6 Å². The fourth-order valence-electron chi connectivity index (χ4n) is 6.36. The molecule has 0 aliphatic carbocycles. The normalized spacial score (nSPS) is 11.3. The Morgan fingerprint density at radius 1 is 0.372 bits per heavy atom. The Kier molecular flexibility index (Phi) is 6.16. The number of hydrogen-bond acceptors (Lipinski definition) is 2. The molecule has 2 heteroatoms. The summed E-state index contributed by atoms with van der Waals surface area (Å²) in [6.45, 7) is 0. The van der Waals surface area contributed by atoms with E-state index in [1.807, 2.05) is 12.3 Å². The molecule has 2 nitrogen and oxygen atoms in total. The molecule has 0 saturated heterocycles. The molecule has 0 radical (unpaired) electrons. The Balaban J connectivity index is 1.44. The molecule has 1 heterocycles. The van der Waals surface area contributed by atoms with E-state index in [0.29, 0.717) is 0 Å². The molecule has 43 heavy (non-hydrogen) atoms. The minimum absolute atomic E-state index is 0.883. The van der Waals surface area contributed by atoms with Crippen LogP contribution in [0.4, 0.5) is 17.2 Å². The lowest BCUT2D eigenvalue weighted by molar-refractivity contribution is 1.20. The maximum atomic E-state index is 4.90. The van der Waals surface area contributed by atoms with Gasteiger partial charge >= 0.3 is 0 Å². The van der Waals surface area contributed by atoms with Crippen molar-refractivity contribution in [2.75, 3.05) is 4.90 Å². The summed E-state index contributed by atoms with van der Waals surface area (Å²) in [7, 11) is 0. The van der Waals surface area contributed by atoms with Crippen LogP contribution in [-0.4, -0.2) is 4.98 Å². The lowest BCUT2D eigenvalue weighted by atomic mass is 9.89. The van der Waals surface area contributed by atoms with Gasteiger partial charge in [0, 0.05) is 22.4 Å². The highest BCUT2D eigenvalue weighted by Gasteiger charge is 2.23. The molecule has 0 bridgehead atoms. The van der Waals surface area contributed by atoms with Gasteiger partial charge in [0.05, 0.1) is 11.4 Å². The summed E-state index contributed by atoms with van der Waals surface area (Å²) in [5.74, 6) is 0.883. The molecule has 8 aromatic rings. The summed E-state index contributed by atoms with van der Waals surface area (Å²) < 4.78 is 0. The molecule has 0 N–H and O–H groups in total. The first-order chi connectivity index (χ1) is 21.4. The van der Waals surface area contributed by atoms with E-state index >= 15 is 0 Å². The number of nitrogens with zero attached hydrogens (tertiary/aromatic N) is 2. The molecule has 0 amide bonds. The van der Waals surface area contributed by atoms with E-state index < -0.39 is 0 Å². The lowest BCUT2D eigenvalue weighted by Gasteiger charge is -2.29. The monoisotopic (exact) mass is 548 g/mol. The van der Waals surface area contributed by atoms with Gasteiger partial charge in [-0.15, -0.1) is 0 Å². The average molecular weight is 549 g/mol. The molecule has 0 aliphatic rings. The number of benzene rings is 7. The van der Waals surface area contributed by atoms with Gasteiger partial charge in [0.2, 0.25) is 0 Å². The summed E-state index contributed by atoms with van der Waals surface area (Å²) >= 11 is 0. The first kappa shape index (κ1) is 25.0. The average Bonchev–Trinajstić information content (AvgIpc) is 3.09. The highest BCUT2D eigenvalue weighted by Crippen LogP contribution is 2.48. The van der Waals surface area contributed by atoms with Crippen molar-refractivity contribution in [1.29, 1.82) is 0 Å². The second-order valence-corrected chi connectivity index (χ2v) is 10.8. The second kappa shape index (κ2) is 10.6. The van der Waals surface area contributed by atoms with Crippen LogP contribution in [0.25, 0.3) is 54.6 Å². The van der Waals surface area contributed by atoms with Crippen molar-refractivity contribution in [3.8, 4) is 22.3 Å². The second-order valence-electron chi connectivity index (χ2n) is 10.8. The lowest BCUT2D eigenvalue weighted by Crippen LogP contribution is -2.13. The topological polar surface area (TPSA) is 16.1 Å². The molecule has 8 rings (SSSR count). The summed E-state index contributed by atoms with van der Waals surface area (Å²) in [5.41, 5.74) is 7.12. The van der Waals surface area contributed by atoms with Crippen LogP contribution in [-0.2, 0) is 0 Å². The predicted molar refractivity (Wildman–Crippen MR) is 182 cm³/mol. The Bertz CT molecular complexity index is 2160. The van der Waals surface area contributed by atoms with Crippen molar-refractivity contribution in [3.63, 3.8) is 0 Å². The number of hydrogen-bond donors (Lipinski definition) is 0. The van der Waals surface area contributed by atoms with E-state index in [9.17, 15) is 0 Å². The van der Waals surface area contributed by atoms with Gasteiger partial charge in [0.25, 0.3) is 0 Å². The van der Waals surface area contributed by atoms with Crippen molar-refractivity contribution in [2.24, 2.45) is 0 Å². The summed E-state index contributed by atoms with van der Waals surface area (Å²) in [4.78, 5) is 7.24. The number of anilines is 3. The van der Waals surface area contributed by atoms with Gasteiger partial charge in [-0.1, -0.05) is 146 Å². The van der Waals surface area contributed by atoms with Crippen molar-refractivity contribution < 1.29 is 0 Å². The smallest absolute Gasteiger partial charge is 0.137 e. The minimum Gasteiger partial charge on any atom is -0.293 e. The van der Waals surface area contributed by atoms with E-state index in [1.54, 1.807) is 0 Å². The molecule has 0 atom stereocenters. The van der Waals surface area contributed by atoms with E-state index in [-0.39, 0.29) is 0 Å². The van der Waals surface area contributed by atoms with Gasteiger partial charge in [-0.3, -0.25) is 4.90 Å². The molecule has 0 unspecified atom stereocenters. The quantitative estimate of drug-likeness (QED) is 0.199. The van der Waals surface area contributed by atoms with Gasteiger partial charge in [-0.25, -0.2) is 4.98 Å². The summed E-state index contributed by atoms with van der Waals surface area (Å²) in [6, 6.07) is 58.4. The standard InChI is InChI=1S/C41H28N2/c1-2-13-29(14-3-1)30-24-26-32(27-25-30)40-34-18-6-8-20-36(34)41(37-21-9-7-19-35(37)40)43(39-23-10-11-28-42-39)38-22-12-16-31-15-4-5-17-33(31)38/h1-28H.